The van der Waals surface area contributed by atoms with E-state index >= 15 is 0 Å². The van der Waals surface area contributed by atoms with Crippen molar-refractivity contribution in [3.8, 4) is 0 Å². The lowest BCUT2D eigenvalue weighted by Crippen LogP contribution is -2.06. The third kappa shape index (κ3) is 3.53. The van der Waals surface area contributed by atoms with Crippen molar-refractivity contribution in [2.75, 3.05) is 5.32 Å². The lowest BCUT2D eigenvalue weighted by atomic mass is 10.0. The van der Waals surface area contributed by atoms with Gasteiger partial charge >= 0.3 is 12.1 Å². The summed E-state index contributed by atoms with van der Waals surface area (Å²) < 4.78 is 41.8. The monoisotopic (exact) mass is 299 g/mol. The maximum absolute atomic E-state index is 12.4. The van der Waals surface area contributed by atoms with Crippen molar-refractivity contribution in [3.63, 3.8) is 0 Å². The first-order chi connectivity index (χ1) is 9.95. The molecule has 0 fully saturated rings. The van der Waals surface area contributed by atoms with E-state index in [2.05, 4.69) is 19.9 Å². The van der Waals surface area contributed by atoms with Crippen LogP contribution in [0.3, 0.4) is 0 Å². The fourth-order valence-electron chi connectivity index (χ4n) is 2.07. The molecule has 0 saturated carbocycles. The molecule has 21 heavy (non-hydrogen) atoms. The number of para-hydroxylation sites is 1. The Hall–Kier alpha value is -2.05. The SMILES string of the molecule is CCc1cccc(CC)c1NCc1nnc(C(F)(F)F)o1. The largest absolute Gasteiger partial charge is 0.470 e. The van der Waals surface area contributed by atoms with E-state index in [0.717, 1.165) is 29.7 Å². The van der Waals surface area contributed by atoms with E-state index in [1.165, 1.54) is 0 Å². The molecule has 0 aliphatic carbocycles. The van der Waals surface area contributed by atoms with Gasteiger partial charge in [-0.05, 0) is 24.0 Å². The number of alkyl halides is 3. The van der Waals surface area contributed by atoms with E-state index in [1.54, 1.807) is 0 Å². The van der Waals surface area contributed by atoms with Crippen molar-refractivity contribution >= 4 is 5.69 Å². The summed E-state index contributed by atoms with van der Waals surface area (Å²) in [5, 5.41) is 9.51. The molecule has 0 aliphatic heterocycles. The molecule has 1 aromatic heterocycles. The fourth-order valence-corrected chi connectivity index (χ4v) is 2.07. The summed E-state index contributed by atoms with van der Waals surface area (Å²) in [6.45, 7) is 4.11. The second-order valence-electron chi connectivity index (χ2n) is 4.51. The Morgan fingerprint density at radius 1 is 1.10 bits per heavy atom. The maximum atomic E-state index is 12.4. The van der Waals surface area contributed by atoms with E-state index < -0.39 is 12.1 Å². The normalized spacial score (nSPS) is 11.7. The predicted octanol–water partition coefficient (Wildman–Crippen LogP) is 3.83. The molecule has 4 nitrogen and oxygen atoms in total. The van der Waals surface area contributed by atoms with Crippen molar-refractivity contribution in [2.45, 2.75) is 39.4 Å². The quantitative estimate of drug-likeness (QED) is 0.911. The fraction of sp³-hybridized carbons (Fsp3) is 0.429. The Kier molecular flexibility index (Phi) is 4.50. The molecule has 0 unspecified atom stereocenters. The average molecular weight is 299 g/mol. The first kappa shape index (κ1) is 15.3. The van der Waals surface area contributed by atoms with Gasteiger partial charge in [-0.15, -0.1) is 10.2 Å². The zero-order chi connectivity index (χ0) is 15.5. The van der Waals surface area contributed by atoms with Crippen LogP contribution in [-0.2, 0) is 25.6 Å². The van der Waals surface area contributed by atoms with Gasteiger partial charge in [0.25, 0.3) is 0 Å². The van der Waals surface area contributed by atoms with Gasteiger partial charge in [0.1, 0.15) is 0 Å². The number of nitrogens with zero attached hydrogens (tertiary/aromatic N) is 2. The molecule has 0 aliphatic rings. The van der Waals surface area contributed by atoms with Gasteiger partial charge in [0.15, 0.2) is 0 Å². The number of rotatable bonds is 5. The van der Waals surface area contributed by atoms with Crippen molar-refractivity contribution < 1.29 is 17.6 Å². The van der Waals surface area contributed by atoms with Gasteiger partial charge in [0, 0.05) is 5.69 Å². The summed E-state index contributed by atoms with van der Waals surface area (Å²) in [6, 6.07) is 5.93. The Morgan fingerprint density at radius 2 is 1.71 bits per heavy atom. The Labute approximate surface area is 120 Å². The van der Waals surface area contributed by atoms with E-state index in [0.29, 0.717) is 0 Å². The van der Waals surface area contributed by atoms with Crippen LogP contribution in [0.4, 0.5) is 18.9 Å². The van der Waals surface area contributed by atoms with Crippen LogP contribution in [0.1, 0.15) is 36.8 Å². The van der Waals surface area contributed by atoms with Crippen molar-refractivity contribution in [1.82, 2.24) is 10.2 Å². The third-order valence-electron chi connectivity index (χ3n) is 3.12. The van der Waals surface area contributed by atoms with Crippen LogP contribution >= 0.6 is 0 Å². The van der Waals surface area contributed by atoms with Gasteiger partial charge < -0.3 is 9.73 Å². The number of anilines is 1. The minimum atomic E-state index is -4.61. The summed E-state index contributed by atoms with van der Waals surface area (Å²) in [4.78, 5) is 0. The highest BCUT2D eigenvalue weighted by molar-refractivity contribution is 5.57. The molecule has 0 saturated heterocycles. The van der Waals surface area contributed by atoms with Crippen molar-refractivity contribution in [1.29, 1.82) is 0 Å². The number of benzene rings is 1. The molecule has 0 amide bonds. The third-order valence-corrected chi connectivity index (χ3v) is 3.12. The number of hydrogen-bond donors (Lipinski definition) is 1. The summed E-state index contributed by atoms with van der Waals surface area (Å²) in [5.41, 5.74) is 3.13. The molecule has 0 atom stereocenters. The molecule has 1 heterocycles. The Morgan fingerprint density at radius 3 is 2.19 bits per heavy atom. The second kappa shape index (κ2) is 6.15. The smallest absolute Gasteiger partial charge is 0.415 e. The lowest BCUT2D eigenvalue weighted by Gasteiger charge is -2.14. The van der Waals surface area contributed by atoms with Crippen molar-refractivity contribution in [2.24, 2.45) is 0 Å². The highest BCUT2D eigenvalue weighted by Gasteiger charge is 2.38. The molecule has 1 aromatic carbocycles. The lowest BCUT2D eigenvalue weighted by molar-refractivity contribution is -0.157. The molecule has 0 bridgehead atoms. The first-order valence-electron chi connectivity index (χ1n) is 6.69. The van der Waals surface area contributed by atoms with E-state index in [4.69, 9.17) is 0 Å². The van der Waals surface area contributed by atoms with E-state index in [1.807, 2.05) is 32.0 Å². The number of aryl methyl sites for hydroxylation is 2. The van der Waals surface area contributed by atoms with Crippen molar-refractivity contribution in [3.05, 3.63) is 41.1 Å². The molecule has 0 spiro atoms. The molecular weight excluding hydrogens is 283 g/mol. The summed E-state index contributed by atoms with van der Waals surface area (Å²) >= 11 is 0. The topological polar surface area (TPSA) is 51.0 Å². The number of hydrogen-bond acceptors (Lipinski definition) is 4. The highest BCUT2D eigenvalue weighted by atomic mass is 19.4. The number of aromatic nitrogens is 2. The summed E-state index contributed by atoms with van der Waals surface area (Å²) in [5.74, 6) is -1.41. The summed E-state index contributed by atoms with van der Waals surface area (Å²) in [6.07, 6.45) is -2.96. The van der Waals surface area contributed by atoms with E-state index in [9.17, 15) is 13.2 Å². The van der Waals surface area contributed by atoms with Crippen LogP contribution in [0.25, 0.3) is 0 Å². The molecular formula is C14H16F3N3O. The molecule has 114 valence electrons. The number of nitrogens with one attached hydrogen (secondary N) is 1. The molecule has 2 rings (SSSR count). The maximum Gasteiger partial charge on any atom is 0.470 e. The molecule has 2 aromatic rings. The summed E-state index contributed by atoms with van der Waals surface area (Å²) in [7, 11) is 0. The second-order valence-corrected chi connectivity index (χ2v) is 4.51. The minimum Gasteiger partial charge on any atom is -0.415 e. The van der Waals surface area contributed by atoms with Gasteiger partial charge in [0.05, 0.1) is 6.54 Å². The Balaban J connectivity index is 2.15. The van der Waals surface area contributed by atoms with Crippen LogP contribution in [0.2, 0.25) is 0 Å². The number of halogens is 3. The van der Waals surface area contributed by atoms with Crippen LogP contribution in [-0.4, -0.2) is 10.2 Å². The van der Waals surface area contributed by atoms with Crippen LogP contribution in [0.15, 0.2) is 22.6 Å². The van der Waals surface area contributed by atoms with Gasteiger partial charge in [-0.3, -0.25) is 0 Å². The van der Waals surface area contributed by atoms with Gasteiger partial charge in [-0.2, -0.15) is 13.2 Å². The molecule has 0 radical (unpaired) electrons. The van der Waals surface area contributed by atoms with Crippen LogP contribution in [0.5, 0.6) is 0 Å². The highest BCUT2D eigenvalue weighted by Crippen LogP contribution is 2.28. The molecule has 7 heteroatoms. The van der Waals surface area contributed by atoms with Gasteiger partial charge in [-0.25, -0.2) is 0 Å². The zero-order valence-corrected chi connectivity index (χ0v) is 11.8. The average Bonchev–Trinajstić information content (AvgIpc) is 2.93. The Bertz CT molecular complexity index is 586. The van der Waals surface area contributed by atoms with Gasteiger partial charge in [0.2, 0.25) is 5.89 Å². The standard InChI is InChI=1S/C14H16F3N3O/c1-3-9-6-5-7-10(4-2)12(9)18-8-11-19-20-13(21-11)14(15,16)17/h5-7,18H,3-4,8H2,1-2H3. The van der Waals surface area contributed by atoms with Gasteiger partial charge in [-0.1, -0.05) is 32.0 Å². The van der Waals surface area contributed by atoms with Crippen LogP contribution < -0.4 is 5.32 Å². The molecule has 1 N–H and O–H groups in total. The first-order valence-corrected chi connectivity index (χ1v) is 6.69. The zero-order valence-electron chi connectivity index (χ0n) is 11.8. The van der Waals surface area contributed by atoms with Crippen LogP contribution in [0, 0.1) is 0 Å². The predicted molar refractivity (Wildman–Crippen MR) is 71.8 cm³/mol. The minimum absolute atomic E-state index is 0.0626. The van der Waals surface area contributed by atoms with E-state index in [-0.39, 0.29) is 12.4 Å².